The summed E-state index contributed by atoms with van der Waals surface area (Å²) in [7, 11) is 0. The van der Waals surface area contributed by atoms with E-state index in [1.807, 2.05) is 6.20 Å². The Balaban J connectivity index is 1.56. The smallest absolute Gasteiger partial charge is 0.122 e. The Labute approximate surface area is 110 Å². The van der Waals surface area contributed by atoms with Crippen molar-refractivity contribution < 1.29 is 0 Å². The van der Waals surface area contributed by atoms with E-state index in [1.165, 1.54) is 38.2 Å². The van der Waals surface area contributed by atoms with E-state index >= 15 is 0 Å². The first kappa shape index (κ1) is 13.6. The molecule has 1 aliphatic heterocycles. The summed E-state index contributed by atoms with van der Waals surface area (Å²) in [6.07, 6.45) is 7.92. The van der Waals surface area contributed by atoms with Gasteiger partial charge in [0.1, 0.15) is 5.82 Å². The normalized spacial score (nSPS) is 16.2. The Morgan fingerprint density at radius 1 is 1.28 bits per heavy atom. The van der Waals surface area contributed by atoms with Crippen molar-refractivity contribution in [2.75, 3.05) is 19.6 Å². The molecule has 0 aliphatic carbocycles. The molecule has 0 saturated heterocycles. The zero-order valence-corrected chi connectivity index (χ0v) is 11.7. The fourth-order valence-corrected chi connectivity index (χ4v) is 2.44. The van der Waals surface area contributed by atoms with Gasteiger partial charge in [0.2, 0.25) is 0 Å². The molecule has 4 nitrogen and oxygen atoms in total. The zero-order valence-electron chi connectivity index (χ0n) is 11.7. The van der Waals surface area contributed by atoms with Crippen LogP contribution >= 0.6 is 0 Å². The van der Waals surface area contributed by atoms with Gasteiger partial charge in [-0.05, 0) is 25.9 Å². The van der Waals surface area contributed by atoms with E-state index in [0.717, 1.165) is 19.6 Å². The van der Waals surface area contributed by atoms with Gasteiger partial charge in [0.25, 0.3) is 0 Å². The summed E-state index contributed by atoms with van der Waals surface area (Å²) in [6.45, 7) is 10.1. The third-order valence-corrected chi connectivity index (χ3v) is 3.53. The van der Waals surface area contributed by atoms with Crippen LogP contribution in [-0.2, 0) is 13.1 Å². The SMILES string of the molecule is CC(C)NCCCCCN1CCn2ccnc2C1. The molecule has 0 unspecified atom stereocenters. The lowest BCUT2D eigenvalue weighted by Gasteiger charge is -2.27. The molecule has 102 valence electrons. The van der Waals surface area contributed by atoms with Gasteiger partial charge in [-0.2, -0.15) is 0 Å². The number of aromatic nitrogens is 2. The molecule has 0 atom stereocenters. The minimum Gasteiger partial charge on any atom is -0.333 e. The van der Waals surface area contributed by atoms with Crippen LogP contribution in [0.25, 0.3) is 0 Å². The highest BCUT2D eigenvalue weighted by molar-refractivity contribution is 4.95. The zero-order chi connectivity index (χ0) is 12.8. The highest BCUT2D eigenvalue weighted by Crippen LogP contribution is 2.11. The van der Waals surface area contributed by atoms with Gasteiger partial charge in [0, 0.05) is 31.5 Å². The second-order valence-electron chi connectivity index (χ2n) is 5.48. The van der Waals surface area contributed by atoms with E-state index in [2.05, 4.69) is 39.8 Å². The first-order valence-electron chi connectivity index (χ1n) is 7.21. The molecular formula is C14H26N4. The maximum absolute atomic E-state index is 4.40. The molecule has 1 aromatic heterocycles. The van der Waals surface area contributed by atoms with Crippen molar-refractivity contribution in [2.45, 2.75) is 52.2 Å². The monoisotopic (exact) mass is 250 g/mol. The van der Waals surface area contributed by atoms with Crippen LogP contribution in [-0.4, -0.2) is 40.1 Å². The molecule has 0 amide bonds. The molecule has 0 radical (unpaired) electrons. The third-order valence-electron chi connectivity index (χ3n) is 3.53. The van der Waals surface area contributed by atoms with Crippen molar-refractivity contribution >= 4 is 0 Å². The minimum absolute atomic E-state index is 0.617. The molecule has 0 saturated carbocycles. The van der Waals surface area contributed by atoms with E-state index in [4.69, 9.17) is 0 Å². The summed E-state index contributed by atoms with van der Waals surface area (Å²) in [6, 6.07) is 0.617. The van der Waals surface area contributed by atoms with E-state index in [1.54, 1.807) is 0 Å². The molecule has 1 N–H and O–H groups in total. The van der Waals surface area contributed by atoms with Crippen LogP contribution in [0.5, 0.6) is 0 Å². The molecule has 2 heterocycles. The molecular weight excluding hydrogens is 224 g/mol. The van der Waals surface area contributed by atoms with E-state index in [-0.39, 0.29) is 0 Å². The topological polar surface area (TPSA) is 33.1 Å². The minimum atomic E-state index is 0.617. The van der Waals surface area contributed by atoms with Crippen LogP contribution in [0.15, 0.2) is 12.4 Å². The number of hydrogen-bond donors (Lipinski definition) is 1. The lowest BCUT2D eigenvalue weighted by molar-refractivity contribution is 0.212. The first-order valence-corrected chi connectivity index (χ1v) is 7.21. The molecule has 4 heteroatoms. The summed E-state index contributed by atoms with van der Waals surface area (Å²) >= 11 is 0. The third kappa shape index (κ3) is 4.10. The fourth-order valence-electron chi connectivity index (χ4n) is 2.44. The van der Waals surface area contributed by atoms with Crippen molar-refractivity contribution in [3.63, 3.8) is 0 Å². The largest absolute Gasteiger partial charge is 0.333 e. The number of hydrogen-bond acceptors (Lipinski definition) is 3. The Morgan fingerprint density at radius 3 is 3.00 bits per heavy atom. The number of rotatable bonds is 7. The second kappa shape index (κ2) is 6.90. The van der Waals surface area contributed by atoms with Gasteiger partial charge in [-0.25, -0.2) is 4.98 Å². The van der Waals surface area contributed by atoms with Crippen LogP contribution in [0.1, 0.15) is 38.9 Å². The molecule has 1 aromatic rings. The van der Waals surface area contributed by atoms with Crippen LogP contribution in [0.2, 0.25) is 0 Å². The van der Waals surface area contributed by atoms with Crippen LogP contribution in [0.3, 0.4) is 0 Å². The molecule has 2 rings (SSSR count). The lowest BCUT2D eigenvalue weighted by atomic mass is 10.2. The average Bonchev–Trinajstić information content (AvgIpc) is 2.80. The maximum atomic E-state index is 4.40. The van der Waals surface area contributed by atoms with Gasteiger partial charge in [0.15, 0.2) is 0 Å². The number of imidazole rings is 1. The summed E-state index contributed by atoms with van der Waals surface area (Å²) < 4.78 is 2.27. The lowest BCUT2D eigenvalue weighted by Crippen LogP contribution is -2.34. The quantitative estimate of drug-likeness (QED) is 0.750. The predicted octanol–water partition coefficient (Wildman–Crippen LogP) is 1.87. The van der Waals surface area contributed by atoms with Crippen LogP contribution in [0, 0.1) is 0 Å². The molecule has 0 spiro atoms. The summed E-state index contributed by atoms with van der Waals surface area (Å²) in [5, 5.41) is 3.47. The van der Waals surface area contributed by atoms with Crippen molar-refractivity contribution in [2.24, 2.45) is 0 Å². The fraction of sp³-hybridized carbons (Fsp3) is 0.786. The molecule has 0 aromatic carbocycles. The average molecular weight is 250 g/mol. The summed E-state index contributed by atoms with van der Waals surface area (Å²) in [5.41, 5.74) is 0. The van der Waals surface area contributed by atoms with Gasteiger partial charge in [0.05, 0.1) is 6.54 Å². The maximum Gasteiger partial charge on any atom is 0.122 e. The van der Waals surface area contributed by atoms with Gasteiger partial charge in [-0.3, -0.25) is 4.90 Å². The Hall–Kier alpha value is -0.870. The van der Waals surface area contributed by atoms with Crippen molar-refractivity contribution in [3.8, 4) is 0 Å². The standard InChI is InChI=1S/C14H26N4/c1-13(2)15-6-4-3-5-8-17-10-11-18-9-7-16-14(18)12-17/h7,9,13,15H,3-6,8,10-12H2,1-2H3. The van der Waals surface area contributed by atoms with Gasteiger partial charge in [-0.15, -0.1) is 0 Å². The number of nitrogens with one attached hydrogen (secondary N) is 1. The number of nitrogens with zero attached hydrogens (tertiary/aromatic N) is 3. The Morgan fingerprint density at radius 2 is 2.17 bits per heavy atom. The summed E-state index contributed by atoms with van der Waals surface area (Å²) in [5.74, 6) is 1.22. The Kier molecular flexibility index (Phi) is 5.20. The number of fused-ring (bicyclic) bond motifs is 1. The first-order chi connectivity index (χ1) is 8.75. The second-order valence-corrected chi connectivity index (χ2v) is 5.48. The highest BCUT2D eigenvalue weighted by atomic mass is 15.2. The molecule has 1 aliphatic rings. The van der Waals surface area contributed by atoms with Crippen LogP contribution in [0.4, 0.5) is 0 Å². The molecule has 0 fully saturated rings. The van der Waals surface area contributed by atoms with Crippen molar-refractivity contribution in [1.29, 1.82) is 0 Å². The van der Waals surface area contributed by atoms with Gasteiger partial charge in [-0.1, -0.05) is 20.3 Å². The molecule has 18 heavy (non-hydrogen) atoms. The highest BCUT2D eigenvalue weighted by Gasteiger charge is 2.15. The van der Waals surface area contributed by atoms with Crippen LogP contribution < -0.4 is 5.32 Å². The van der Waals surface area contributed by atoms with Gasteiger partial charge < -0.3 is 9.88 Å². The molecule has 0 bridgehead atoms. The van der Waals surface area contributed by atoms with E-state index in [0.29, 0.717) is 6.04 Å². The Bertz CT molecular complexity index is 345. The summed E-state index contributed by atoms with van der Waals surface area (Å²) in [4.78, 5) is 6.92. The van der Waals surface area contributed by atoms with Crippen molar-refractivity contribution in [1.82, 2.24) is 19.8 Å². The predicted molar refractivity (Wildman–Crippen MR) is 74.5 cm³/mol. The van der Waals surface area contributed by atoms with Crippen molar-refractivity contribution in [3.05, 3.63) is 18.2 Å². The van der Waals surface area contributed by atoms with E-state index in [9.17, 15) is 0 Å². The van der Waals surface area contributed by atoms with E-state index < -0.39 is 0 Å². The number of unbranched alkanes of at least 4 members (excludes halogenated alkanes) is 2. The van der Waals surface area contributed by atoms with Gasteiger partial charge >= 0.3 is 0 Å².